The van der Waals surface area contributed by atoms with Crippen molar-refractivity contribution in [2.24, 2.45) is 0 Å². The van der Waals surface area contributed by atoms with Gasteiger partial charge in [0.2, 0.25) is 0 Å². The highest BCUT2D eigenvalue weighted by Crippen LogP contribution is 2.36. The molecule has 0 fully saturated rings. The molecular formula is C26H24N2O4S. The van der Waals surface area contributed by atoms with Gasteiger partial charge >= 0.3 is 5.97 Å². The van der Waals surface area contributed by atoms with Crippen LogP contribution in [0, 0.1) is 11.3 Å². The van der Waals surface area contributed by atoms with E-state index in [4.69, 9.17) is 9.47 Å². The molecule has 1 heterocycles. The summed E-state index contributed by atoms with van der Waals surface area (Å²) in [7, 11) is 0. The Morgan fingerprint density at radius 3 is 2.45 bits per heavy atom. The van der Waals surface area contributed by atoms with Crippen molar-refractivity contribution in [1.82, 2.24) is 0 Å². The number of benzene rings is 2. The minimum Gasteiger partial charge on any atom is -0.494 e. The fourth-order valence-corrected chi connectivity index (χ4v) is 4.00. The van der Waals surface area contributed by atoms with Gasteiger partial charge in [0.1, 0.15) is 22.4 Å². The molecule has 0 unspecified atom stereocenters. The molecule has 0 aliphatic carbocycles. The molecule has 0 spiro atoms. The van der Waals surface area contributed by atoms with E-state index in [-0.39, 0.29) is 17.7 Å². The zero-order valence-electron chi connectivity index (χ0n) is 18.5. The number of amides is 1. The number of anilines is 1. The van der Waals surface area contributed by atoms with Gasteiger partial charge in [-0.1, -0.05) is 49.4 Å². The third-order valence-electron chi connectivity index (χ3n) is 4.54. The number of thiophene rings is 1. The first-order chi connectivity index (χ1) is 16.0. The number of esters is 1. The summed E-state index contributed by atoms with van der Waals surface area (Å²) in [6.45, 7) is 4.58. The van der Waals surface area contributed by atoms with Gasteiger partial charge in [-0.05, 0) is 48.7 Å². The second kappa shape index (κ2) is 11.7. The minimum atomic E-state index is -0.601. The Bertz CT molecular complexity index is 1180. The smallest absolute Gasteiger partial charge is 0.341 e. The molecule has 0 atom stereocenters. The van der Waals surface area contributed by atoms with E-state index in [1.165, 1.54) is 17.4 Å². The van der Waals surface area contributed by atoms with E-state index in [0.29, 0.717) is 17.2 Å². The summed E-state index contributed by atoms with van der Waals surface area (Å²) in [6, 6.07) is 20.3. The van der Waals surface area contributed by atoms with E-state index in [1.54, 1.807) is 37.3 Å². The lowest BCUT2D eigenvalue weighted by Gasteiger charge is -2.06. The maximum Gasteiger partial charge on any atom is 0.341 e. The van der Waals surface area contributed by atoms with Gasteiger partial charge in [-0.25, -0.2) is 4.79 Å². The second-order valence-electron chi connectivity index (χ2n) is 6.98. The van der Waals surface area contributed by atoms with Crippen molar-refractivity contribution in [1.29, 1.82) is 5.26 Å². The Balaban J connectivity index is 1.85. The van der Waals surface area contributed by atoms with E-state index >= 15 is 0 Å². The van der Waals surface area contributed by atoms with Crippen molar-refractivity contribution in [2.45, 2.75) is 20.3 Å². The molecule has 0 bridgehead atoms. The van der Waals surface area contributed by atoms with Gasteiger partial charge in [0.25, 0.3) is 5.91 Å². The minimum absolute atomic E-state index is 0.0818. The molecule has 0 aliphatic rings. The Kier molecular flexibility index (Phi) is 8.39. The van der Waals surface area contributed by atoms with Crippen LogP contribution in [0.2, 0.25) is 0 Å². The summed E-state index contributed by atoms with van der Waals surface area (Å²) in [5.41, 5.74) is 1.77. The van der Waals surface area contributed by atoms with Crippen LogP contribution in [0.5, 0.6) is 5.75 Å². The van der Waals surface area contributed by atoms with Crippen molar-refractivity contribution < 1.29 is 19.1 Å². The molecule has 6 nitrogen and oxygen atoms in total. The number of carbonyl (C=O) groups excluding carboxylic acids is 2. The number of ether oxygens (including phenoxy) is 2. The first-order valence-corrected chi connectivity index (χ1v) is 11.4. The molecule has 0 aliphatic heterocycles. The van der Waals surface area contributed by atoms with E-state index in [9.17, 15) is 14.9 Å². The Morgan fingerprint density at radius 2 is 1.82 bits per heavy atom. The average Bonchev–Trinajstić information content (AvgIpc) is 3.26. The van der Waals surface area contributed by atoms with Gasteiger partial charge in [0.05, 0.1) is 18.8 Å². The summed E-state index contributed by atoms with van der Waals surface area (Å²) in [6.07, 6.45) is 2.40. The monoisotopic (exact) mass is 460 g/mol. The molecule has 0 saturated carbocycles. The van der Waals surface area contributed by atoms with Crippen molar-refractivity contribution in [3.8, 4) is 22.3 Å². The highest BCUT2D eigenvalue weighted by Gasteiger charge is 2.21. The lowest BCUT2D eigenvalue weighted by Crippen LogP contribution is -2.15. The van der Waals surface area contributed by atoms with Crippen LogP contribution < -0.4 is 10.1 Å². The van der Waals surface area contributed by atoms with Crippen molar-refractivity contribution >= 4 is 34.3 Å². The molecule has 1 aromatic heterocycles. The number of nitriles is 1. The van der Waals surface area contributed by atoms with Crippen molar-refractivity contribution in [3.05, 3.63) is 77.4 Å². The average molecular weight is 461 g/mol. The van der Waals surface area contributed by atoms with Crippen LogP contribution in [0.1, 0.15) is 36.2 Å². The van der Waals surface area contributed by atoms with Crippen molar-refractivity contribution in [3.63, 3.8) is 0 Å². The van der Waals surface area contributed by atoms with E-state index in [1.807, 2.05) is 43.3 Å². The third-order valence-corrected chi connectivity index (χ3v) is 5.64. The number of nitrogens with one attached hydrogen (secondary N) is 1. The third kappa shape index (κ3) is 6.31. The Morgan fingerprint density at radius 1 is 1.09 bits per heavy atom. The number of nitrogens with zero attached hydrogens (tertiary/aromatic N) is 1. The standard InChI is InChI=1S/C26H24N2O4S/c1-3-14-32-21-12-10-18(11-13-21)15-20(17-27)24(29)28-25-22(26(30)31-4-2)16-23(33-25)19-8-6-5-7-9-19/h5-13,15-16H,3-4,14H2,1-2H3,(H,28,29). The lowest BCUT2D eigenvalue weighted by atomic mass is 10.1. The van der Waals surface area contributed by atoms with Gasteiger partial charge in [0, 0.05) is 4.88 Å². The fourth-order valence-electron chi connectivity index (χ4n) is 2.95. The molecule has 1 amide bonds. The summed E-state index contributed by atoms with van der Waals surface area (Å²) in [4.78, 5) is 26.1. The van der Waals surface area contributed by atoms with Crippen LogP contribution in [0.3, 0.4) is 0 Å². The zero-order chi connectivity index (χ0) is 23.6. The molecule has 3 aromatic rings. The van der Waals surface area contributed by atoms with Gasteiger partial charge < -0.3 is 14.8 Å². The normalized spacial score (nSPS) is 10.9. The summed E-state index contributed by atoms with van der Waals surface area (Å²) in [5, 5.41) is 12.6. The fraction of sp³-hybridized carbons (Fsp3) is 0.192. The summed E-state index contributed by atoms with van der Waals surface area (Å²) in [5.74, 6) is -0.407. The predicted molar refractivity (Wildman–Crippen MR) is 130 cm³/mol. The van der Waals surface area contributed by atoms with E-state index < -0.39 is 11.9 Å². The largest absolute Gasteiger partial charge is 0.494 e. The predicted octanol–water partition coefficient (Wildman–Crippen LogP) is 5.93. The van der Waals surface area contributed by atoms with Crippen molar-refractivity contribution in [2.75, 3.05) is 18.5 Å². The molecule has 0 saturated heterocycles. The van der Waals surface area contributed by atoms with Gasteiger partial charge in [-0.3, -0.25) is 4.79 Å². The molecule has 168 valence electrons. The van der Waals surface area contributed by atoms with E-state index in [0.717, 1.165) is 22.6 Å². The second-order valence-corrected chi connectivity index (χ2v) is 8.03. The Hall–Kier alpha value is -3.89. The van der Waals surface area contributed by atoms with Crippen LogP contribution in [0.15, 0.2) is 66.2 Å². The van der Waals surface area contributed by atoms with Gasteiger partial charge in [-0.15, -0.1) is 11.3 Å². The molecular weight excluding hydrogens is 436 g/mol. The first kappa shape index (κ1) is 23.8. The number of hydrogen-bond donors (Lipinski definition) is 1. The molecule has 1 N–H and O–H groups in total. The number of rotatable bonds is 9. The highest BCUT2D eigenvalue weighted by atomic mass is 32.1. The van der Waals surface area contributed by atoms with Crippen LogP contribution in [-0.4, -0.2) is 25.1 Å². The van der Waals surface area contributed by atoms with Crippen LogP contribution >= 0.6 is 11.3 Å². The molecule has 33 heavy (non-hydrogen) atoms. The molecule has 7 heteroatoms. The van der Waals surface area contributed by atoms with Gasteiger partial charge in [0.15, 0.2) is 0 Å². The maximum absolute atomic E-state index is 12.9. The maximum atomic E-state index is 12.9. The molecule has 0 radical (unpaired) electrons. The summed E-state index contributed by atoms with van der Waals surface area (Å²) >= 11 is 1.25. The van der Waals surface area contributed by atoms with E-state index in [2.05, 4.69) is 5.32 Å². The number of carbonyl (C=O) groups is 2. The van der Waals surface area contributed by atoms with Gasteiger partial charge in [-0.2, -0.15) is 5.26 Å². The number of hydrogen-bond acceptors (Lipinski definition) is 6. The topological polar surface area (TPSA) is 88.4 Å². The lowest BCUT2D eigenvalue weighted by molar-refractivity contribution is -0.112. The van der Waals surface area contributed by atoms with Crippen LogP contribution in [0.4, 0.5) is 5.00 Å². The van der Waals surface area contributed by atoms with Crippen LogP contribution in [-0.2, 0) is 9.53 Å². The first-order valence-electron chi connectivity index (χ1n) is 10.6. The zero-order valence-corrected chi connectivity index (χ0v) is 19.3. The highest BCUT2D eigenvalue weighted by molar-refractivity contribution is 7.20. The van der Waals surface area contributed by atoms with Crippen LogP contribution in [0.25, 0.3) is 16.5 Å². The SMILES string of the molecule is CCCOc1ccc(C=C(C#N)C(=O)Nc2sc(-c3ccccc3)cc2C(=O)OCC)cc1. The Labute approximate surface area is 197 Å². The quantitative estimate of drug-likeness (QED) is 0.243. The summed E-state index contributed by atoms with van der Waals surface area (Å²) < 4.78 is 10.7. The molecule has 3 rings (SSSR count). The molecule has 2 aromatic carbocycles.